The molecule has 1 atom stereocenters. The molecule has 1 fully saturated rings. The van der Waals surface area contributed by atoms with Crippen molar-refractivity contribution in [2.45, 2.75) is 25.3 Å². The molecule has 6 nitrogen and oxygen atoms in total. The SMILES string of the molecule is NC(=O)C1CCCCN1C(=O)c1ccc(C(=O)O)s1. The number of carboxylic acid groups (broad SMARTS) is 1. The quantitative estimate of drug-likeness (QED) is 0.861. The number of rotatable bonds is 3. The number of amides is 2. The van der Waals surface area contributed by atoms with Crippen LogP contribution >= 0.6 is 11.3 Å². The first-order valence-corrected chi connectivity index (χ1v) is 6.76. The number of carboxylic acids is 1. The van der Waals surface area contributed by atoms with E-state index in [1.54, 1.807) is 0 Å². The van der Waals surface area contributed by atoms with Gasteiger partial charge in [-0.3, -0.25) is 9.59 Å². The van der Waals surface area contributed by atoms with Gasteiger partial charge < -0.3 is 15.7 Å². The van der Waals surface area contributed by atoms with Gasteiger partial charge >= 0.3 is 5.97 Å². The zero-order chi connectivity index (χ0) is 14.0. The van der Waals surface area contributed by atoms with Crippen LogP contribution in [0.25, 0.3) is 0 Å². The van der Waals surface area contributed by atoms with Gasteiger partial charge in [0.2, 0.25) is 5.91 Å². The maximum Gasteiger partial charge on any atom is 0.345 e. The second-order valence-corrected chi connectivity index (χ2v) is 5.47. The van der Waals surface area contributed by atoms with E-state index in [9.17, 15) is 14.4 Å². The summed E-state index contributed by atoms with van der Waals surface area (Å²) in [6.45, 7) is 0.479. The molecule has 0 saturated carbocycles. The summed E-state index contributed by atoms with van der Waals surface area (Å²) in [7, 11) is 0. The Morgan fingerprint density at radius 2 is 1.95 bits per heavy atom. The molecule has 1 aliphatic heterocycles. The van der Waals surface area contributed by atoms with Gasteiger partial charge in [-0.05, 0) is 31.4 Å². The van der Waals surface area contributed by atoms with Crippen molar-refractivity contribution in [2.24, 2.45) is 5.73 Å². The van der Waals surface area contributed by atoms with Gasteiger partial charge in [-0.25, -0.2) is 4.79 Å². The molecule has 7 heteroatoms. The highest BCUT2D eigenvalue weighted by Gasteiger charge is 2.31. The van der Waals surface area contributed by atoms with Crippen molar-refractivity contribution in [1.82, 2.24) is 4.90 Å². The summed E-state index contributed by atoms with van der Waals surface area (Å²) in [6.07, 6.45) is 2.26. The maximum atomic E-state index is 12.3. The van der Waals surface area contributed by atoms with E-state index in [1.165, 1.54) is 17.0 Å². The predicted octanol–water partition coefficient (Wildman–Crippen LogP) is 0.926. The number of likely N-dealkylation sites (tertiary alicyclic amines) is 1. The highest BCUT2D eigenvalue weighted by Crippen LogP contribution is 2.23. The third-order valence-corrected chi connectivity index (χ3v) is 4.18. The lowest BCUT2D eigenvalue weighted by Crippen LogP contribution is -2.50. The number of nitrogens with zero attached hydrogens (tertiary/aromatic N) is 1. The molecule has 3 N–H and O–H groups in total. The van der Waals surface area contributed by atoms with E-state index in [1.807, 2.05) is 0 Å². The Bertz CT molecular complexity index is 526. The molecule has 0 aliphatic carbocycles. The molecule has 19 heavy (non-hydrogen) atoms. The van der Waals surface area contributed by atoms with E-state index in [4.69, 9.17) is 10.8 Å². The first-order valence-electron chi connectivity index (χ1n) is 5.94. The number of thiophene rings is 1. The lowest BCUT2D eigenvalue weighted by atomic mass is 10.0. The third-order valence-electron chi connectivity index (χ3n) is 3.12. The fourth-order valence-electron chi connectivity index (χ4n) is 2.18. The van der Waals surface area contributed by atoms with Crippen LogP contribution in [0.5, 0.6) is 0 Å². The number of hydrogen-bond acceptors (Lipinski definition) is 4. The van der Waals surface area contributed by atoms with Crippen molar-refractivity contribution in [3.8, 4) is 0 Å². The Balaban J connectivity index is 2.21. The van der Waals surface area contributed by atoms with Crippen LogP contribution in [0.2, 0.25) is 0 Å². The summed E-state index contributed by atoms with van der Waals surface area (Å²) in [6, 6.07) is 2.28. The highest BCUT2D eigenvalue weighted by molar-refractivity contribution is 7.15. The number of carbonyl (C=O) groups excluding carboxylic acids is 2. The average molecular weight is 282 g/mol. The molecule has 1 aromatic heterocycles. The molecule has 1 unspecified atom stereocenters. The molecule has 1 aliphatic rings. The van der Waals surface area contributed by atoms with Gasteiger partial charge in [-0.15, -0.1) is 11.3 Å². The third kappa shape index (κ3) is 2.76. The minimum atomic E-state index is -1.06. The standard InChI is InChI=1S/C12H14N2O4S/c13-10(15)7-3-1-2-6-14(7)11(16)8-4-5-9(19-8)12(17)18/h4-5,7H,1-3,6H2,(H2,13,15)(H,17,18). The Morgan fingerprint density at radius 1 is 1.26 bits per heavy atom. The van der Waals surface area contributed by atoms with Crippen molar-refractivity contribution in [2.75, 3.05) is 6.54 Å². The van der Waals surface area contributed by atoms with Crippen LogP contribution in [0.15, 0.2) is 12.1 Å². The summed E-state index contributed by atoms with van der Waals surface area (Å²) >= 11 is 0.914. The number of primary amides is 1. The van der Waals surface area contributed by atoms with Crippen LogP contribution in [0.3, 0.4) is 0 Å². The summed E-state index contributed by atoms with van der Waals surface area (Å²) in [5.74, 6) is -1.89. The number of nitrogens with two attached hydrogens (primary N) is 1. The van der Waals surface area contributed by atoms with Crippen molar-refractivity contribution >= 4 is 29.1 Å². The molecule has 2 amide bonds. The maximum absolute atomic E-state index is 12.3. The molecular formula is C12H14N2O4S. The van der Waals surface area contributed by atoms with Crippen LogP contribution in [-0.4, -0.2) is 40.4 Å². The van der Waals surface area contributed by atoms with Crippen LogP contribution in [-0.2, 0) is 4.79 Å². The average Bonchev–Trinajstić information content (AvgIpc) is 2.87. The zero-order valence-corrected chi connectivity index (χ0v) is 11.0. The molecule has 0 bridgehead atoms. The Labute approximate surface area is 113 Å². The van der Waals surface area contributed by atoms with Crippen molar-refractivity contribution in [3.05, 3.63) is 21.9 Å². The van der Waals surface area contributed by atoms with E-state index in [-0.39, 0.29) is 10.8 Å². The van der Waals surface area contributed by atoms with E-state index in [0.717, 1.165) is 24.2 Å². The molecule has 0 aromatic carbocycles. The molecule has 1 aromatic rings. The number of piperidine rings is 1. The number of aromatic carboxylic acids is 1. The summed E-state index contributed by atoms with van der Waals surface area (Å²) in [5.41, 5.74) is 5.30. The Kier molecular flexibility index (Phi) is 3.84. The number of carbonyl (C=O) groups is 3. The predicted molar refractivity (Wildman–Crippen MR) is 69.1 cm³/mol. The zero-order valence-electron chi connectivity index (χ0n) is 10.2. The van der Waals surface area contributed by atoms with Crippen LogP contribution in [0, 0.1) is 0 Å². The summed E-state index contributed by atoms with van der Waals surface area (Å²) in [5, 5.41) is 8.84. The molecule has 1 saturated heterocycles. The lowest BCUT2D eigenvalue weighted by molar-refractivity contribution is -0.123. The van der Waals surface area contributed by atoms with E-state index >= 15 is 0 Å². The van der Waals surface area contributed by atoms with Crippen LogP contribution in [0.1, 0.15) is 38.6 Å². The van der Waals surface area contributed by atoms with Gasteiger partial charge in [-0.2, -0.15) is 0 Å². The molecule has 2 heterocycles. The van der Waals surface area contributed by atoms with Gasteiger partial charge in [0.25, 0.3) is 5.91 Å². The van der Waals surface area contributed by atoms with Crippen molar-refractivity contribution in [1.29, 1.82) is 0 Å². The topological polar surface area (TPSA) is 101 Å². The van der Waals surface area contributed by atoms with Crippen molar-refractivity contribution in [3.63, 3.8) is 0 Å². The van der Waals surface area contributed by atoms with E-state index in [0.29, 0.717) is 17.8 Å². The van der Waals surface area contributed by atoms with Gasteiger partial charge in [0.15, 0.2) is 0 Å². The fourth-order valence-corrected chi connectivity index (χ4v) is 2.98. The minimum absolute atomic E-state index is 0.107. The van der Waals surface area contributed by atoms with Crippen LogP contribution in [0.4, 0.5) is 0 Å². The molecular weight excluding hydrogens is 268 g/mol. The molecule has 0 spiro atoms. The highest BCUT2D eigenvalue weighted by atomic mass is 32.1. The summed E-state index contributed by atoms with van der Waals surface area (Å²) in [4.78, 5) is 36.3. The smallest absolute Gasteiger partial charge is 0.345 e. The monoisotopic (exact) mass is 282 g/mol. The second kappa shape index (κ2) is 5.40. The van der Waals surface area contributed by atoms with Crippen molar-refractivity contribution < 1.29 is 19.5 Å². The van der Waals surface area contributed by atoms with Gasteiger partial charge in [0.1, 0.15) is 10.9 Å². The minimum Gasteiger partial charge on any atom is -0.477 e. The van der Waals surface area contributed by atoms with E-state index in [2.05, 4.69) is 0 Å². The summed E-state index contributed by atoms with van der Waals surface area (Å²) < 4.78 is 0. The lowest BCUT2D eigenvalue weighted by Gasteiger charge is -2.33. The fraction of sp³-hybridized carbons (Fsp3) is 0.417. The first-order chi connectivity index (χ1) is 9.00. The van der Waals surface area contributed by atoms with Gasteiger partial charge in [0.05, 0.1) is 4.88 Å². The Hall–Kier alpha value is -1.89. The van der Waals surface area contributed by atoms with Crippen LogP contribution < -0.4 is 5.73 Å². The largest absolute Gasteiger partial charge is 0.477 e. The normalized spacial score (nSPS) is 19.2. The Morgan fingerprint density at radius 3 is 2.53 bits per heavy atom. The van der Waals surface area contributed by atoms with Gasteiger partial charge in [0, 0.05) is 6.54 Å². The van der Waals surface area contributed by atoms with E-state index < -0.39 is 17.9 Å². The second-order valence-electron chi connectivity index (χ2n) is 4.38. The molecule has 102 valence electrons. The molecule has 2 rings (SSSR count). The molecule has 0 radical (unpaired) electrons. The first kappa shape index (κ1) is 13.5. The van der Waals surface area contributed by atoms with Gasteiger partial charge in [-0.1, -0.05) is 0 Å². The number of hydrogen-bond donors (Lipinski definition) is 2.